The Morgan fingerprint density at radius 3 is 2.39 bits per heavy atom. The molecule has 1 saturated carbocycles. The van der Waals surface area contributed by atoms with Crippen molar-refractivity contribution in [1.82, 2.24) is 10.2 Å². The van der Waals surface area contributed by atoms with Gasteiger partial charge in [-0.2, -0.15) is 0 Å². The summed E-state index contributed by atoms with van der Waals surface area (Å²) in [5.41, 5.74) is 4.42. The van der Waals surface area contributed by atoms with E-state index < -0.39 is 5.97 Å². The van der Waals surface area contributed by atoms with Gasteiger partial charge in [0.15, 0.2) is 0 Å². The van der Waals surface area contributed by atoms with Crippen LogP contribution < -0.4 is 5.32 Å². The summed E-state index contributed by atoms with van der Waals surface area (Å²) >= 11 is 0. The number of carboxylic acid groups (broad SMARTS) is 1. The highest BCUT2D eigenvalue weighted by molar-refractivity contribution is 5.87. The van der Waals surface area contributed by atoms with Crippen LogP contribution in [0.1, 0.15) is 54.6 Å². The van der Waals surface area contributed by atoms with Crippen LogP contribution in [0.3, 0.4) is 0 Å². The highest BCUT2D eigenvalue weighted by Crippen LogP contribution is 2.42. The maximum absolute atomic E-state index is 11.0. The second-order valence-electron chi connectivity index (χ2n) is 9.38. The molecule has 2 aromatic carbocycles. The Morgan fingerprint density at radius 2 is 1.77 bits per heavy atom. The Labute approximate surface area is 186 Å². The van der Waals surface area contributed by atoms with Gasteiger partial charge in [0.05, 0.1) is 5.56 Å². The molecule has 1 heterocycles. The molecule has 2 N–H and O–H groups in total. The molecule has 1 aliphatic heterocycles. The Bertz CT molecular complexity index is 897. The second-order valence-corrected chi connectivity index (χ2v) is 9.38. The predicted octanol–water partition coefficient (Wildman–Crippen LogP) is 5.07. The Morgan fingerprint density at radius 1 is 1.10 bits per heavy atom. The highest BCUT2D eigenvalue weighted by Gasteiger charge is 2.41. The molecule has 2 aromatic rings. The molecule has 1 saturated heterocycles. The number of nitrogens with one attached hydrogen (secondary N) is 1. The van der Waals surface area contributed by atoms with Gasteiger partial charge in [0.25, 0.3) is 0 Å². The minimum Gasteiger partial charge on any atom is -0.478 e. The summed E-state index contributed by atoms with van der Waals surface area (Å²) in [4.78, 5) is 13.5. The molecule has 4 heteroatoms. The summed E-state index contributed by atoms with van der Waals surface area (Å²) in [6.07, 6.45) is 6.01. The van der Waals surface area contributed by atoms with Crippen LogP contribution >= 0.6 is 0 Å². The van der Waals surface area contributed by atoms with Crippen LogP contribution in [0.4, 0.5) is 0 Å². The SMILES string of the molecule is CC(C)C(=Cc1ccccc1)C1CC1NC1CCN(Cc2ccc(C(=O)O)cc2)CC1. The smallest absolute Gasteiger partial charge is 0.335 e. The van der Waals surface area contributed by atoms with Crippen molar-refractivity contribution < 1.29 is 9.90 Å². The summed E-state index contributed by atoms with van der Waals surface area (Å²) in [5.74, 6) is 0.383. The molecular formula is C27H34N2O2. The molecule has 0 aromatic heterocycles. The van der Waals surface area contributed by atoms with E-state index in [4.69, 9.17) is 5.11 Å². The zero-order chi connectivity index (χ0) is 21.8. The highest BCUT2D eigenvalue weighted by atomic mass is 16.4. The standard InChI is InChI=1S/C27H34N2O2/c1-19(2)24(16-20-6-4-3-5-7-20)25-17-26(25)28-23-12-14-29(15-13-23)18-21-8-10-22(11-9-21)27(30)31/h3-11,16,19,23,25-26,28H,12-15,17-18H2,1-2H3,(H,30,31). The van der Waals surface area contributed by atoms with E-state index in [0.717, 1.165) is 19.6 Å². The van der Waals surface area contributed by atoms with Crippen LogP contribution in [0.25, 0.3) is 6.08 Å². The van der Waals surface area contributed by atoms with E-state index in [1.54, 1.807) is 17.7 Å². The summed E-state index contributed by atoms with van der Waals surface area (Å²) < 4.78 is 0. The Kier molecular flexibility index (Phi) is 6.89. The summed E-state index contributed by atoms with van der Waals surface area (Å²) in [6, 6.07) is 19.2. The van der Waals surface area contributed by atoms with Gasteiger partial charge in [-0.05, 0) is 67.4 Å². The normalized spacial score (nSPS) is 22.6. The first-order chi connectivity index (χ1) is 15.0. The van der Waals surface area contributed by atoms with Gasteiger partial charge in [-0.1, -0.05) is 68.0 Å². The zero-order valence-corrected chi connectivity index (χ0v) is 18.6. The lowest BCUT2D eigenvalue weighted by atomic mass is 9.95. The van der Waals surface area contributed by atoms with E-state index in [2.05, 4.69) is 60.5 Å². The molecule has 0 bridgehead atoms. The first-order valence-electron chi connectivity index (χ1n) is 11.6. The number of likely N-dealkylation sites (tertiary alicyclic amines) is 1. The van der Waals surface area contributed by atoms with Crippen molar-refractivity contribution in [3.05, 3.63) is 76.9 Å². The van der Waals surface area contributed by atoms with E-state index in [0.29, 0.717) is 29.5 Å². The van der Waals surface area contributed by atoms with Crippen molar-refractivity contribution >= 4 is 12.0 Å². The van der Waals surface area contributed by atoms with Crippen LogP contribution in [0.15, 0.2) is 60.2 Å². The lowest BCUT2D eigenvalue weighted by Gasteiger charge is -2.32. The third-order valence-corrected chi connectivity index (χ3v) is 6.66. The Hall–Kier alpha value is -2.43. The maximum Gasteiger partial charge on any atom is 0.335 e. The third kappa shape index (κ3) is 5.84. The van der Waals surface area contributed by atoms with Gasteiger partial charge < -0.3 is 10.4 Å². The average molecular weight is 419 g/mol. The topological polar surface area (TPSA) is 52.6 Å². The number of carbonyl (C=O) groups is 1. The van der Waals surface area contributed by atoms with Crippen molar-refractivity contribution in [1.29, 1.82) is 0 Å². The fourth-order valence-corrected chi connectivity index (χ4v) is 4.76. The predicted molar refractivity (Wildman–Crippen MR) is 126 cm³/mol. The fraction of sp³-hybridized carbons (Fsp3) is 0.444. The van der Waals surface area contributed by atoms with Crippen molar-refractivity contribution in [2.24, 2.45) is 11.8 Å². The molecule has 0 radical (unpaired) electrons. The fourth-order valence-electron chi connectivity index (χ4n) is 4.76. The van der Waals surface area contributed by atoms with E-state index in [9.17, 15) is 4.79 Å². The molecule has 4 rings (SSSR count). The maximum atomic E-state index is 11.0. The molecule has 2 fully saturated rings. The molecular weight excluding hydrogens is 384 g/mol. The zero-order valence-electron chi connectivity index (χ0n) is 18.6. The van der Waals surface area contributed by atoms with Gasteiger partial charge >= 0.3 is 5.97 Å². The number of hydrogen-bond acceptors (Lipinski definition) is 3. The lowest BCUT2D eigenvalue weighted by Crippen LogP contribution is -2.43. The molecule has 2 atom stereocenters. The number of aromatic carboxylic acids is 1. The molecule has 2 unspecified atom stereocenters. The van der Waals surface area contributed by atoms with Crippen LogP contribution in [-0.4, -0.2) is 41.1 Å². The van der Waals surface area contributed by atoms with Crippen molar-refractivity contribution in [2.45, 2.75) is 51.7 Å². The molecule has 2 aliphatic rings. The van der Waals surface area contributed by atoms with Gasteiger partial charge in [0.1, 0.15) is 0 Å². The number of rotatable bonds is 8. The van der Waals surface area contributed by atoms with Crippen LogP contribution in [0.5, 0.6) is 0 Å². The van der Waals surface area contributed by atoms with Crippen LogP contribution in [0, 0.1) is 11.8 Å². The number of piperidine rings is 1. The molecule has 31 heavy (non-hydrogen) atoms. The number of hydrogen-bond donors (Lipinski definition) is 2. The average Bonchev–Trinajstić information content (AvgIpc) is 3.53. The molecule has 4 nitrogen and oxygen atoms in total. The van der Waals surface area contributed by atoms with Gasteiger partial charge in [-0.25, -0.2) is 4.79 Å². The van der Waals surface area contributed by atoms with Crippen molar-refractivity contribution in [2.75, 3.05) is 13.1 Å². The number of carboxylic acids is 1. The molecule has 164 valence electrons. The van der Waals surface area contributed by atoms with Crippen molar-refractivity contribution in [3.8, 4) is 0 Å². The lowest BCUT2D eigenvalue weighted by molar-refractivity contribution is 0.0697. The van der Waals surface area contributed by atoms with Crippen molar-refractivity contribution in [3.63, 3.8) is 0 Å². The third-order valence-electron chi connectivity index (χ3n) is 6.66. The molecule has 1 aliphatic carbocycles. The molecule has 0 amide bonds. The minimum atomic E-state index is -0.865. The van der Waals surface area contributed by atoms with E-state index >= 15 is 0 Å². The van der Waals surface area contributed by atoms with Gasteiger partial charge in [-0.15, -0.1) is 0 Å². The largest absolute Gasteiger partial charge is 0.478 e. The first kappa shape index (κ1) is 21.8. The number of nitrogens with zero attached hydrogens (tertiary/aromatic N) is 1. The summed E-state index contributed by atoms with van der Waals surface area (Å²) in [7, 11) is 0. The Balaban J connectivity index is 1.25. The van der Waals surface area contributed by atoms with E-state index in [-0.39, 0.29) is 0 Å². The van der Waals surface area contributed by atoms with Gasteiger partial charge in [-0.3, -0.25) is 4.90 Å². The van der Waals surface area contributed by atoms with Crippen LogP contribution in [0.2, 0.25) is 0 Å². The second kappa shape index (κ2) is 9.80. The summed E-state index contributed by atoms with van der Waals surface area (Å²) in [6.45, 7) is 7.70. The van der Waals surface area contributed by atoms with E-state index in [1.165, 1.54) is 30.4 Å². The monoisotopic (exact) mass is 418 g/mol. The number of benzene rings is 2. The first-order valence-corrected chi connectivity index (χ1v) is 11.6. The summed E-state index contributed by atoms with van der Waals surface area (Å²) in [5, 5.41) is 13.0. The van der Waals surface area contributed by atoms with Gasteiger partial charge in [0.2, 0.25) is 0 Å². The van der Waals surface area contributed by atoms with E-state index in [1.807, 2.05) is 12.1 Å². The quantitative estimate of drug-likeness (QED) is 0.629. The minimum absolute atomic E-state index is 0.354. The molecule has 0 spiro atoms. The van der Waals surface area contributed by atoms with Gasteiger partial charge in [0, 0.05) is 18.6 Å². The van der Waals surface area contributed by atoms with Crippen LogP contribution in [-0.2, 0) is 6.54 Å².